The molecule has 0 saturated carbocycles. The summed E-state index contributed by atoms with van der Waals surface area (Å²) in [5.74, 6) is 0. The Morgan fingerprint density at radius 1 is 1.28 bits per heavy atom. The van der Waals surface area contributed by atoms with Crippen LogP contribution >= 0.6 is 27.3 Å². The molecule has 6 heteroatoms. The number of nitrogens with two attached hydrogens (primary N) is 1. The van der Waals surface area contributed by atoms with Crippen molar-refractivity contribution >= 4 is 33.0 Å². The molecule has 0 aliphatic carbocycles. The van der Waals surface area contributed by atoms with Gasteiger partial charge in [-0.25, -0.2) is 0 Å². The number of nitrogens with zero attached hydrogens (tertiary/aromatic N) is 1. The highest BCUT2D eigenvalue weighted by Crippen LogP contribution is 2.28. The van der Waals surface area contributed by atoms with Gasteiger partial charge in [-0.15, -0.1) is 11.3 Å². The topological polar surface area (TPSA) is 69.2 Å². The maximum absolute atomic E-state index is 10.5. The van der Waals surface area contributed by atoms with Crippen LogP contribution in [-0.2, 0) is 6.42 Å². The molecular formula is C12H11BrN2O2S. The second-order valence-electron chi connectivity index (χ2n) is 3.88. The summed E-state index contributed by atoms with van der Waals surface area (Å²) in [6, 6.07) is 10.4. The molecule has 1 atom stereocenters. The molecule has 0 spiro atoms. The Morgan fingerprint density at radius 3 is 2.44 bits per heavy atom. The number of nitro benzene ring substituents is 1. The van der Waals surface area contributed by atoms with Crippen LogP contribution in [-0.4, -0.2) is 4.92 Å². The van der Waals surface area contributed by atoms with Crippen molar-refractivity contribution in [3.05, 3.63) is 60.7 Å². The van der Waals surface area contributed by atoms with E-state index in [2.05, 4.69) is 15.9 Å². The van der Waals surface area contributed by atoms with Gasteiger partial charge in [-0.3, -0.25) is 10.1 Å². The lowest BCUT2D eigenvalue weighted by Gasteiger charge is -2.09. The van der Waals surface area contributed by atoms with E-state index in [4.69, 9.17) is 5.73 Å². The first-order valence-corrected chi connectivity index (χ1v) is 6.91. The maximum Gasteiger partial charge on any atom is 0.269 e. The number of halogens is 1. The number of thiophene rings is 1. The molecule has 2 N–H and O–H groups in total. The third-order valence-corrected chi connectivity index (χ3v) is 4.32. The largest absolute Gasteiger partial charge is 0.323 e. The summed E-state index contributed by atoms with van der Waals surface area (Å²) in [5, 5.41) is 10.5. The fraction of sp³-hybridized carbons (Fsp3) is 0.167. The predicted molar refractivity (Wildman–Crippen MR) is 75.7 cm³/mol. The third kappa shape index (κ3) is 3.16. The van der Waals surface area contributed by atoms with Crippen LogP contribution in [0.25, 0.3) is 0 Å². The second-order valence-corrected chi connectivity index (χ2v) is 6.37. The van der Waals surface area contributed by atoms with Crippen LogP contribution in [0, 0.1) is 10.1 Å². The van der Waals surface area contributed by atoms with E-state index in [1.807, 2.05) is 12.1 Å². The van der Waals surface area contributed by atoms with E-state index < -0.39 is 4.92 Å². The smallest absolute Gasteiger partial charge is 0.269 e. The second kappa shape index (κ2) is 5.60. The summed E-state index contributed by atoms with van der Waals surface area (Å²) in [5.41, 5.74) is 7.19. The minimum Gasteiger partial charge on any atom is -0.323 e. The molecule has 1 heterocycles. The van der Waals surface area contributed by atoms with Crippen molar-refractivity contribution < 1.29 is 4.92 Å². The molecule has 0 saturated heterocycles. The molecule has 0 fully saturated rings. The average Bonchev–Trinajstić information content (AvgIpc) is 2.76. The Balaban J connectivity index is 2.07. The Kier molecular flexibility index (Phi) is 4.11. The number of rotatable bonds is 4. The normalized spacial score (nSPS) is 12.3. The van der Waals surface area contributed by atoms with Crippen molar-refractivity contribution in [3.63, 3.8) is 0 Å². The fourth-order valence-electron chi connectivity index (χ4n) is 1.64. The van der Waals surface area contributed by atoms with Crippen molar-refractivity contribution in [2.45, 2.75) is 12.5 Å². The van der Waals surface area contributed by atoms with Crippen LogP contribution in [0.2, 0.25) is 0 Å². The van der Waals surface area contributed by atoms with Crippen molar-refractivity contribution in [3.8, 4) is 0 Å². The molecular weight excluding hydrogens is 316 g/mol. The molecule has 4 nitrogen and oxygen atoms in total. The Hall–Kier alpha value is -1.24. The van der Waals surface area contributed by atoms with Crippen molar-refractivity contribution in [1.82, 2.24) is 0 Å². The van der Waals surface area contributed by atoms with Crippen LogP contribution in [0.3, 0.4) is 0 Å². The minimum atomic E-state index is -0.403. The van der Waals surface area contributed by atoms with Gasteiger partial charge >= 0.3 is 0 Å². The van der Waals surface area contributed by atoms with E-state index in [0.29, 0.717) is 6.42 Å². The number of hydrogen-bond acceptors (Lipinski definition) is 4. The molecule has 0 aliphatic heterocycles. The quantitative estimate of drug-likeness (QED) is 0.688. The molecule has 18 heavy (non-hydrogen) atoms. The van der Waals surface area contributed by atoms with E-state index in [9.17, 15) is 10.1 Å². The first-order valence-electron chi connectivity index (χ1n) is 5.30. The molecule has 0 amide bonds. The van der Waals surface area contributed by atoms with Crippen molar-refractivity contribution in [2.24, 2.45) is 5.73 Å². The summed E-state index contributed by atoms with van der Waals surface area (Å²) in [6.07, 6.45) is 0.672. The highest BCUT2D eigenvalue weighted by molar-refractivity contribution is 9.11. The van der Waals surface area contributed by atoms with Crippen LogP contribution < -0.4 is 5.73 Å². The van der Waals surface area contributed by atoms with Crippen molar-refractivity contribution in [1.29, 1.82) is 0 Å². The van der Waals surface area contributed by atoms with Gasteiger partial charge in [-0.05, 0) is 40.0 Å². The van der Waals surface area contributed by atoms with Gasteiger partial charge in [0.25, 0.3) is 5.69 Å². The van der Waals surface area contributed by atoms with E-state index in [0.717, 1.165) is 14.2 Å². The third-order valence-electron chi connectivity index (χ3n) is 2.56. The van der Waals surface area contributed by atoms with Crippen molar-refractivity contribution in [2.75, 3.05) is 0 Å². The molecule has 1 unspecified atom stereocenters. The van der Waals surface area contributed by atoms with Crippen LogP contribution in [0.15, 0.2) is 40.2 Å². The van der Waals surface area contributed by atoms with E-state index in [-0.39, 0.29) is 11.7 Å². The summed E-state index contributed by atoms with van der Waals surface area (Å²) >= 11 is 5.01. The first-order chi connectivity index (χ1) is 8.56. The average molecular weight is 327 g/mol. The maximum atomic E-state index is 10.5. The molecule has 94 valence electrons. The SMILES string of the molecule is NC(Cc1ccc([N+](=O)[O-])cc1)c1ccc(Br)s1. The van der Waals surface area contributed by atoms with Gasteiger partial charge in [0.05, 0.1) is 8.71 Å². The molecule has 0 bridgehead atoms. The fourth-order valence-corrected chi connectivity index (χ4v) is 3.06. The van der Waals surface area contributed by atoms with Crippen LogP contribution in [0.1, 0.15) is 16.5 Å². The van der Waals surface area contributed by atoms with E-state index in [1.54, 1.807) is 23.5 Å². The summed E-state index contributed by atoms with van der Waals surface area (Å²) < 4.78 is 1.05. The Morgan fingerprint density at radius 2 is 1.94 bits per heavy atom. The van der Waals surface area contributed by atoms with Gasteiger partial charge < -0.3 is 5.73 Å². The zero-order valence-corrected chi connectivity index (χ0v) is 11.8. The standard InChI is InChI=1S/C12H11BrN2O2S/c13-12-6-5-11(18-12)10(14)7-8-1-3-9(4-2-8)15(16)17/h1-6,10H,7,14H2. The highest BCUT2D eigenvalue weighted by atomic mass is 79.9. The minimum absolute atomic E-state index is 0.0808. The molecule has 0 aliphatic rings. The number of nitro groups is 1. The molecule has 1 aromatic heterocycles. The Labute approximate surface area is 117 Å². The van der Waals surface area contributed by atoms with E-state index in [1.165, 1.54) is 12.1 Å². The van der Waals surface area contributed by atoms with Gasteiger partial charge in [0, 0.05) is 23.1 Å². The lowest BCUT2D eigenvalue weighted by molar-refractivity contribution is -0.384. The summed E-state index contributed by atoms with van der Waals surface area (Å²) in [7, 11) is 0. The Bertz CT molecular complexity index is 553. The van der Waals surface area contributed by atoms with Crippen LogP contribution in [0.4, 0.5) is 5.69 Å². The monoisotopic (exact) mass is 326 g/mol. The van der Waals surface area contributed by atoms with Gasteiger partial charge in [-0.1, -0.05) is 12.1 Å². The lowest BCUT2D eigenvalue weighted by atomic mass is 10.1. The predicted octanol–water partition coefficient (Wildman–Crippen LogP) is 3.66. The number of non-ortho nitro benzene ring substituents is 1. The summed E-state index contributed by atoms with van der Waals surface area (Å²) in [4.78, 5) is 11.2. The lowest BCUT2D eigenvalue weighted by Crippen LogP contribution is -2.11. The molecule has 1 aromatic carbocycles. The van der Waals surface area contributed by atoms with Gasteiger partial charge in [-0.2, -0.15) is 0 Å². The molecule has 0 radical (unpaired) electrons. The van der Waals surface area contributed by atoms with Gasteiger partial charge in [0.1, 0.15) is 0 Å². The highest BCUT2D eigenvalue weighted by Gasteiger charge is 2.11. The van der Waals surface area contributed by atoms with Gasteiger partial charge in [0.15, 0.2) is 0 Å². The van der Waals surface area contributed by atoms with Crippen LogP contribution in [0.5, 0.6) is 0 Å². The zero-order valence-electron chi connectivity index (χ0n) is 9.38. The summed E-state index contributed by atoms with van der Waals surface area (Å²) in [6.45, 7) is 0. The van der Waals surface area contributed by atoms with Gasteiger partial charge in [0.2, 0.25) is 0 Å². The molecule has 2 rings (SSSR count). The molecule has 2 aromatic rings. The number of benzene rings is 1. The first kappa shape index (κ1) is 13.2. The zero-order chi connectivity index (χ0) is 13.1. The number of hydrogen-bond donors (Lipinski definition) is 1. The van der Waals surface area contributed by atoms with E-state index >= 15 is 0 Å².